The smallest absolute Gasteiger partial charge is 0.252 e. The van der Waals surface area contributed by atoms with Gasteiger partial charge in [0.05, 0.1) is 21.0 Å². The topological polar surface area (TPSA) is 71.7 Å². The van der Waals surface area contributed by atoms with E-state index in [1.54, 1.807) is 30.3 Å². The second kappa shape index (κ2) is 8.09. The number of aromatic nitrogens is 1. The Labute approximate surface area is 180 Å². The lowest BCUT2D eigenvalue weighted by Crippen LogP contribution is -2.42. The molecule has 1 atom stereocenters. The van der Waals surface area contributed by atoms with E-state index >= 15 is 0 Å². The number of rotatable bonds is 3. The summed E-state index contributed by atoms with van der Waals surface area (Å²) >= 11 is 1.50. The predicted molar refractivity (Wildman–Crippen MR) is 119 cm³/mol. The summed E-state index contributed by atoms with van der Waals surface area (Å²) in [5, 5.41) is 0. The third-order valence-electron chi connectivity index (χ3n) is 5.56. The van der Waals surface area contributed by atoms with Gasteiger partial charge in [-0.25, -0.2) is 8.42 Å². The maximum absolute atomic E-state index is 13.0. The van der Waals surface area contributed by atoms with Crippen LogP contribution >= 0.6 is 11.3 Å². The Kier molecular flexibility index (Phi) is 5.65. The van der Waals surface area contributed by atoms with Gasteiger partial charge >= 0.3 is 0 Å². The minimum absolute atomic E-state index is 0.173. The number of sulfonamides is 1. The fourth-order valence-electron chi connectivity index (χ4n) is 3.96. The highest BCUT2D eigenvalue weighted by molar-refractivity contribution is 7.89. The zero-order valence-electron chi connectivity index (χ0n) is 17.3. The van der Waals surface area contributed by atoms with Crippen LogP contribution in [0.4, 0.5) is 0 Å². The van der Waals surface area contributed by atoms with Crippen molar-refractivity contribution >= 4 is 37.5 Å². The van der Waals surface area contributed by atoms with E-state index < -0.39 is 15.9 Å². The largest absolute Gasteiger partial charge is 0.319 e. The van der Waals surface area contributed by atoms with E-state index in [9.17, 15) is 13.2 Å². The summed E-state index contributed by atoms with van der Waals surface area (Å²) in [4.78, 5) is 18.3. The molecule has 8 heteroatoms. The number of fused-ring (bicyclic) bond motifs is 1. The van der Waals surface area contributed by atoms with E-state index in [0.717, 1.165) is 15.8 Å². The number of hydrogen-bond donors (Lipinski definition) is 0. The molecule has 1 amide bonds. The summed E-state index contributed by atoms with van der Waals surface area (Å²) in [6.07, 6.45) is 1.30. The average molecular weight is 444 g/mol. The van der Waals surface area contributed by atoms with Crippen molar-refractivity contribution in [2.45, 2.75) is 31.6 Å². The molecule has 0 bridgehead atoms. The van der Waals surface area contributed by atoms with Crippen LogP contribution in [0.25, 0.3) is 10.2 Å². The summed E-state index contributed by atoms with van der Waals surface area (Å²) in [7, 11) is -1.69. The highest BCUT2D eigenvalue weighted by Gasteiger charge is 2.33. The maximum Gasteiger partial charge on any atom is 0.252 e. The summed E-state index contributed by atoms with van der Waals surface area (Å²) in [6.45, 7) is 4.71. The molecule has 158 valence electrons. The first kappa shape index (κ1) is 21.0. The number of piperidine rings is 1. The molecule has 4 rings (SSSR count). The van der Waals surface area contributed by atoms with Crippen molar-refractivity contribution in [3.63, 3.8) is 0 Å². The highest BCUT2D eigenvalue weighted by Crippen LogP contribution is 2.25. The van der Waals surface area contributed by atoms with Crippen molar-refractivity contribution in [2.75, 3.05) is 13.1 Å². The first-order valence-electron chi connectivity index (χ1n) is 9.98. The molecule has 3 aromatic rings. The zero-order valence-corrected chi connectivity index (χ0v) is 19.0. The highest BCUT2D eigenvalue weighted by atomic mass is 32.2. The van der Waals surface area contributed by atoms with Crippen molar-refractivity contribution in [2.24, 2.45) is 18.0 Å². The van der Waals surface area contributed by atoms with Crippen molar-refractivity contribution < 1.29 is 13.2 Å². The molecule has 0 spiro atoms. The normalized spacial score (nSPS) is 18.8. The second-order valence-corrected chi connectivity index (χ2v) is 10.8. The molecule has 1 unspecified atom stereocenters. The van der Waals surface area contributed by atoms with Gasteiger partial charge in [-0.05, 0) is 56.0 Å². The number of amides is 1. The molecule has 1 aliphatic heterocycles. The first-order chi connectivity index (χ1) is 14.3. The van der Waals surface area contributed by atoms with E-state index in [1.807, 2.05) is 11.6 Å². The van der Waals surface area contributed by atoms with Crippen molar-refractivity contribution in [1.82, 2.24) is 8.87 Å². The Bertz CT molecular complexity index is 1270. The number of thiazole rings is 1. The van der Waals surface area contributed by atoms with Crippen LogP contribution in [-0.4, -0.2) is 36.3 Å². The molecule has 30 heavy (non-hydrogen) atoms. The first-order valence-corrected chi connectivity index (χ1v) is 12.2. The molecule has 1 saturated heterocycles. The standard InChI is InChI=1S/C22H25N3O3S2/c1-15-12-16(2)20-19(13-15)24(3)22(29-20)23-21(26)17-8-7-11-25(14-17)30(27,28)18-9-5-4-6-10-18/h4-6,9-10,12-13,17H,7-8,11,14H2,1-3H3. The van der Waals surface area contributed by atoms with E-state index in [-0.39, 0.29) is 17.3 Å². The minimum atomic E-state index is -3.60. The summed E-state index contributed by atoms with van der Waals surface area (Å²) in [5.74, 6) is -0.676. The lowest BCUT2D eigenvalue weighted by atomic mass is 9.99. The van der Waals surface area contributed by atoms with E-state index in [1.165, 1.54) is 21.2 Å². The fourth-order valence-corrected chi connectivity index (χ4v) is 6.58. The van der Waals surface area contributed by atoms with Gasteiger partial charge in [-0.15, -0.1) is 0 Å². The van der Waals surface area contributed by atoms with E-state index in [0.29, 0.717) is 24.2 Å². The minimum Gasteiger partial charge on any atom is -0.319 e. The number of benzene rings is 2. The Hall–Kier alpha value is -2.29. The molecule has 1 aliphatic rings. The molecule has 2 aromatic carbocycles. The number of aryl methyl sites for hydroxylation is 3. The van der Waals surface area contributed by atoms with Gasteiger partial charge in [0.1, 0.15) is 0 Å². The Morgan fingerprint density at radius 3 is 2.63 bits per heavy atom. The van der Waals surface area contributed by atoms with Gasteiger partial charge in [-0.2, -0.15) is 9.30 Å². The van der Waals surface area contributed by atoms with Gasteiger partial charge in [-0.1, -0.05) is 35.6 Å². The molecule has 0 N–H and O–H groups in total. The molecule has 0 radical (unpaired) electrons. The van der Waals surface area contributed by atoms with Crippen molar-refractivity contribution in [1.29, 1.82) is 0 Å². The third-order valence-corrected chi connectivity index (χ3v) is 8.72. The van der Waals surface area contributed by atoms with Gasteiger partial charge in [-0.3, -0.25) is 4.79 Å². The number of carbonyl (C=O) groups is 1. The van der Waals surface area contributed by atoms with Gasteiger partial charge in [0, 0.05) is 20.1 Å². The molecule has 6 nitrogen and oxygen atoms in total. The summed E-state index contributed by atoms with van der Waals surface area (Å²) in [5.41, 5.74) is 3.39. The van der Waals surface area contributed by atoms with Crippen LogP contribution in [0.2, 0.25) is 0 Å². The maximum atomic E-state index is 13.0. The molecule has 1 aromatic heterocycles. The SMILES string of the molecule is Cc1cc(C)c2sc(=NC(=O)C3CCCN(S(=O)(=O)c4ccccc4)C3)n(C)c2c1. The summed E-state index contributed by atoms with van der Waals surface area (Å²) in [6, 6.07) is 12.6. The lowest BCUT2D eigenvalue weighted by Gasteiger charge is -2.30. The Morgan fingerprint density at radius 2 is 1.90 bits per heavy atom. The zero-order chi connectivity index (χ0) is 21.5. The quantitative estimate of drug-likeness (QED) is 0.623. The lowest BCUT2D eigenvalue weighted by molar-refractivity contribution is -0.122. The van der Waals surface area contributed by atoms with Crippen LogP contribution in [-0.2, 0) is 21.9 Å². The van der Waals surface area contributed by atoms with Gasteiger partial charge in [0.15, 0.2) is 4.80 Å². The monoisotopic (exact) mass is 443 g/mol. The van der Waals surface area contributed by atoms with Gasteiger partial charge in [0.2, 0.25) is 10.0 Å². The number of carbonyl (C=O) groups excluding carboxylic acids is 1. The summed E-state index contributed by atoms with van der Waals surface area (Å²) < 4.78 is 30.4. The number of hydrogen-bond acceptors (Lipinski definition) is 4. The van der Waals surface area contributed by atoms with E-state index in [4.69, 9.17) is 0 Å². The van der Waals surface area contributed by atoms with Gasteiger partial charge in [0.25, 0.3) is 5.91 Å². The van der Waals surface area contributed by atoms with Crippen LogP contribution in [0, 0.1) is 19.8 Å². The molecule has 0 saturated carbocycles. The molecular formula is C22H25N3O3S2. The number of nitrogens with zero attached hydrogens (tertiary/aromatic N) is 3. The molecular weight excluding hydrogens is 418 g/mol. The predicted octanol–water partition coefficient (Wildman–Crippen LogP) is 3.38. The van der Waals surface area contributed by atoms with Crippen LogP contribution in [0.15, 0.2) is 52.4 Å². The average Bonchev–Trinajstić information content (AvgIpc) is 3.05. The van der Waals surface area contributed by atoms with Crippen molar-refractivity contribution in [3.05, 3.63) is 58.4 Å². The Balaban J connectivity index is 1.62. The third kappa shape index (κ3) is 3.87. The Morgan fingerprint density at radius 1 is 1.17 bits per heavy atom. The van der Waals surface area contributed by atoms with Crippen LogP contribution < -0.4 is 4.80 Å². The van der Waals surface area contributed by atoms with Crippen LogP contribution in [0.3, 0.4) is 0 Å². The van der Waals surface area contributed by atoms with Crippen LogP contribution in [0.5, 0.6) is 0 Å². The molecule has 2 heterocycles. The van der Waals surface area contributed by atoms with Crippen LogP contribution in [0.1, 0.15) is 24.0 Å². The molecule has 0 aliphatic carbocycles. The fraction of sp³-hybridized carbons (Fsp3) is 0.364. The van der Waals surface area contributed by atoms with E-state index in [2.05, 4.69) is 31.0 Å². The second-order valence-electron chi connectivity index (χ2n) is 7.84. The van der Waals surface area contributed by atoms with Crippen molar-refractivity contribution in [3.8, 4) is 0 Å². The van der Waals surface area contributed by atoms with Gasteiger partial charge < -0.3 is 4.57 Å². The molecule has 1 fully saturated rings.